The van der Waals surface area contributed by atoms with E-state index in [1.165, 1.54) is 19.3 Å². The van der Waals surface area contributed by atoms with E-state index in [-0.39, 0.29) is 18.0 Å². The van der Waals surface area contributed by atoms with Gasteiger partial charge in [-0.2, -0.15) is 0 Å². The summed E-state index contributed by atoms with van der Waals surface area (Å²) in [7, 11) is 0. The van der Waals surface area contributed by atoms with Crippen LogP contribution < -0.4 is 10.9 Å². The standard InChI is InChI=1S/C17H22N4O.ClH/c1-12-3-2-7-21-16(22)9-15(19-17(12)21)11-20-8-6-13-4-5-14(10-20)18-13;/h2-3,7,9,13-14,18H,4-6,8,10-11H2,1H3;1H. The summed E-state index contributed by atoms with van der Waals surface area (Å²) in [5, 5.41) is 3.69. The number of nitrogens with zero attached hydrogens (tertiary/aromatic N) is 3. The third-order valence-corrected chi connectivity index (χ3v) is 4.93. The molecule has 0 amide bonds. The molecule has 2 atom stereocenters. The minimum absolute atomic E-state index is 0. The molecular formula is C17H23ClN4O. The summed E-state index contributed by atoms with van der Waals surface area (Å²) in [6.07, 6.45) is 5.57. The summed E-state index contributed by atoms with van der Waals surface area (Å²) in [5.74, 6) is 0. The van der Waals surface area contributed by atoms with E-state index < -0.39 is 0 Å². The Bertz CT molecular complexity index is 760. The molecule has 0 aromatic carbocycles. The first kappa shape index (κ1) is 16.4. The molecule has 2 bridgehead atoms. The number of aryl methyl sites for hydroxylation is 1. The van der Waals surface area contributed by atoms with Gasteiger partial charge in [0.15, 0.2) is 0 Å². The molecule has 124 valence electrons. The van der Waals surface area contributed by atoms with Crippen LogP contribution in [0.3, 0.4) is 0 Å². The van der Waals surface area contributed by atoms with Crippen LogP contribution in [0.4, 0.5) is 0 Å². The van der Waals surface area contributed by atoms with Crippen LogP contribution in [0.1, 0.15) is 30.5 Å². The molecule has 4 rings (SSSR count). The van der Waals surface area contributed by atoms with Crippen LogP contribution in [0, 0.1) is 6.92 Å². The summed E-state index contributed by atoms with van der Waals surface area (Å²) in [4.78, 5) is 19.4. The highest BCUT2D eigenvalue weighted by molar-refractivity contribution is 5.85. The van der Waals surface area contributed by atoms with E-state index in [0.717, 1.165) is 36.5 Å². The predicted molar refractivity (Wildman–Crippen MR) is 93.3 cm³/mol. The quantitative estimate of drug-likeness (QED) is 0.909. The minimum Gasteiger partial charge on any atom is -0.310 e. The van der Waals surface area contributed by atoms with Crippen LogP contribution in [0.2, 0.25) is 0 Å². The number of aromatic nitrogens is 2. The van der Waals surface area contributed by atoms with Crippen molar-refractivity contribution >= 4 is 18.1 Å². The molecule has 4 heterocycles. The third kappa shape index (κ3) is 3.27. The molecular weight excluding hydrogens is 312 g/mol. The Balaban J connectivity index is 0.00000156. The molecule has 0 radical (unpaired) electrons. The average molecular weight is 335 g/mol. The Labute approximate surface area is 142 Å². The van der Waals surface area contributed by atoms with Crippen LogP contribution in [-0.4, -0.2) is 39.5 Å². The highest BCUT2D eigenvalue weighted by Gasteiger charge is 2.29. The van der Waals surface area contributed by atoms with Gasteiger partial charge >= 0.3 is 0 Å². The van der Waals surface area contributed by atoms with Crippen molar-refractivity contribution in [2.75, 3.05) is 13.1 Å². The lowest BCUT2D eigenvalue weighted by atomic mass is 10.1. The van der Waals surface area contributed by atoms with Gasteiger partial charge in [-0.3, -0.25) is 14.1 Å². The number of halogens is 1. The fourth-order valence-corrected chi connectivity index (χ4v) is 3.78. The van der Waals surface area contributed by atoms with Crippen molar-refractivity contribution in [3.63, 3.8) is 0 Å². The third-order valence-electron chi connectivity index (χ3n) is 4.93. The van der Waals surface area contributed by atoms with E-state index in [1.54, 1.807) is 16.7 Å². The Hall–Kier alpha value is -1.43. The molecule has 0 saturated carbocycles. The molecule has 6 heteroatoms. The van der Waals surface area contributed by atoms with Gasteiger partial charge in [0, 0.05) is 44.0 Å². The number of pyridine rings is 1. The number of fused-ring (bicyclic) bond motifs is 3. The van der Waals surface area contributed by atoms with Gasteiger partial charge in [0.05, 0.1) is 5.69 Å². The smallest absolute Gasteiger partial charge is 0.258 e. The molecule has 1 N–H and O–H groups in total. The van der Waals surface area contributed by atoms with Crippen LogP contribution in [0.25, 0.3) is 5.65 Å². The Morgan fingerprint density at radius 3 is 3.00 bits per heavy atom. The monoisotopic (exact) mass is 334 g/mol. The van der Waals surface area contributed by atoms with E-state index in [9.17, 15) is 4.79 Å². The van der Waals surface area contributed by atoms with Crippen molar-refractivity contribution in [2.45, 2.75) is 44.8 Å². The molecule has 0 spiro atoms. The van der Waals surface area contributed by atoms with Gasteiger partial charge in [-0.05, 0) is 37.8 Å². The van der Waals surface area contributed by atoms with E-state index in [0.29, 0.717) is 12.1 Å². The molecule has 2 fully saturated rings. The van der Waals surface area contributed by atoms with Crippen molar-refractivity contribution in [2.24, 2.45) is 0 Å². The normalized spacial score (nSPS) is 24.4. The lowest BCUT2D eigenvalue weighted by molar-refractivity contribution is 0.248. The zero-order valence-corrected chi connectivity index (χ0v) is 14.2. The second-order valence-electron chi connectivity index (χ2n) is 6.63. The van der Waals surface area contributed by atoms with E-state index in [1.807, 2.05) is 19.1 Å². The fraction of sp³-hybridized carbons (Fsp3) is 0.529. The molecule has 0 aliphatic carbocycles. The maximum atomic E-state index is 12.3. The van der Waals surface area contributed by atoms with Crippen molar-refractivity contribution in [1.82, 2.24) is 19.6 Å². The molecule has 23 heavy (non-hydrogen) atoms. The summed E-state index contributed by atoms with van der Waals surface area (Å²) < 4.78 is 1.63. The Morgan fingerprint density at radius 1 is 1.30 bits per heavy atom. The van der Waals surface area contributed by atoms with E-state index in [4.69, 9.17) is 4.98 Å². The molecule has 2 aliphatic rings. The van der Waals surface area contributed by atoms with Gasteiger partial charge in [-0.25, -0.2) is 4.98 Å². The minimum atomic E-state index is 0. The summed E-state index contributed by atoms with van der Waals surface area (Å²) in [6, 6.07) is 6.87. The molecule has 2 aromatic rings. The van der Waals surface area contributed by atoms with Crippen LogP contribution in [0.5, 0.6) is 0 Å². The second-order valence-corrected chi connectivity index (χ2v) is 6.63. The SMILES string of the molecule is Cc1cccn2c(=O)cc(CN3CCC4CCC(C3)N4)nc12.Cl. The number of hydrogen-bond acceptors (Lipinski definition) is 4. The van der Waals surface area contributed by atoms with Crippen molar-refractivity contribution in [1.29, 1.82) is 0 Å². The average Bonchev–Trinajstić information content (AvgIpc) is 2.83. The largest absolute Gasteiger partial charge is 0.310 e. The van der Waals surface area contributed by atoms with Crippen LogP contribution in [0.15, 0.2) is 29.2 Å². The summed E-state index contributed by atoms with van der Waals surface area (Å²) >= 11 is 0. The number of likely N-dealkylation sites (tertiary alicyclic amines) is 1. The maximum absolute atomic E-state index is 12.3. The van der Waals surface area contributed by atoms with Gasteiger partial charge in [-0.15, -0.1) is 12.4 Å². The summed E-state index contributed by atoms with van der Waals surface area (Å²) in [6.45, 7) is 4.92. The van der Waals surface area contributed by atoms with E-state index >= 15 is 0 Å². The highest BCUT2D eigenvalue weighted by atomic mass is 35.5. The zero-order valence-electron chi connectivity index (χ0n) is 13.4. The molecule has 2 unspecified atom stereocenters. The zero-order chi connectivity index (χ0) is 15.1. The Kier molecular flexibility index (Phi) is 4.71. The lowest BCUT2D eigenvalue weighted by Crippen LogP contribution is -2.35. The second kappa shape index (κ2) is 6.59. The first-order valence-electron chi connectivity index (χ1n) is 8.15. The molecule has 5 nitrogen and oxygen atoms in total. The first-order chi connectivity index (χ1) is 10.7. The predicted octanol–water partition coefficient (Wildman–Crippen LogP) is 1.75. The van der Waals surface area contributed by atoms with E-state index in [2.05, 4.69) is 10.2 Å². The Morgan fingerprint density at radius 2 is 2.13 bits per heavy atom. The summed E-state index contributed by atoms with van der Waals surface area (Å²) in [5.41, 5.74) is 2.72. The fourth-order valence-electron chi connectivity index (χ4n) is 3.78. The van der Waals surface area contributed by atoms with Gasteiger partial charge < -0.3 is 5.32 Å². The number of hydrogen-bond donors (Lipinski definition) is 1. The highest BCUT2D eigenvalue weighted by Crippen LogP contribution is 2.21. The number of nitrogens with one attached hydrogen (secondary N) is 1. The topological polar surface area (TPSA) is 49.6 Å². The van der Waals surface area contributed by atoms with Gasteiger partial charge in [0.2, 0.25) is 0 Å². The van der Waals surface area contributed by atoms with Crippen molar-refractivity contribution in [3.05, 3.63) is 46.0 Å². The maximum Gasteiger partial charge on any atom is 0.258 e. The van der Waals surface area contributed by atoms with Crippen molar-refractivity contribution in [3.8, 4) is 0 Å². The van der Waals surface area contributed by atoms with Gasteiger partial charge in [-0.1, -0.05) is 6.07 Å². The lowest BCUT2D eigenvalue weighted by Gasteiger charge is -2.23. The molecule has 2 aliphatic heterocycles. The molecule has 2 saturated heterocycles. The van der Waals surface area contributed by atoms with Crippen molar-refractivity contribution < 1.29 is 0 Å². The van der Waals surface area contributed by atoms with Gasteiger partial charge in [0.1, 0.15) is 5.65 Å². The van der Waals surface area contributed by atoms with Crippen LogP contribution in [-0.2, 0) is 6.54 Å². The van der Waals surface area contributed by atoms with Gasteiger partial charge in [0.25, 0.3) is 5.56 Å². The number of rotatable bonds is 2. The first-order valence-corrected chi connectivity index (χ1v) is 8.15. The van der Waals surface area contributed by atoms with Crippen LogP contribution >= 0.6 is 12.4 Å². The molecule has 2 aromatic heterocycles.